The summed E-state index contributed by atoms with van der Waals surface area (Å²) in [7, 11) is 0. The Bertz CT molecular complexity index is 1570. The highest BCUT2D eigenvalue weighted by Gasteiger charge is 2.30. The molecule has 0 saturated heterocycles. The molecule has 192 valence electrons. The van der Waals surface area contributed by atoms with Crippen molar-refractivity contribution in [2.45, 2.75) is 25.9 Å². The van der Waals surface area contributed by atoms with Crippen molar-refractivity contribution in [1.82, 2.24) is 25.6 Å². The maximum absolute atomic E-state index is 13.1. The number of hydroxylamine groups is 1. The lowest BCUT2D eigenvalue weighted by atomic mass is 10.00. The minimum Gasteiger partial charge on any atom is -0.352 e. The third kappa shape index (κ3) is 5.04. The Balaban J connectivity index is 1.47. The first kappa shape index (κ1) is 25.6. The van der Waals surface area contributed by atoms with Gasteiger partial charge in [-0.25, -0.2) is 5.48 Å². The van der Waals surface area contributed by atoms with Crippen LogP contribution in [0.25, 0.3) is 5.69 Å². The van der Waals surface area contributed by atoms with Crippen LogP contribution in [0, 0.1) is 6.92 Å². The van der Waals surface area contributed by atoms with E-state index in [9.17, 15) is 9.59 Å². The first-order valence-corrected chi connectivity index (χ1v) is 12.5. The number of nitrogens with zero attached hydrogens (tertiary/aromatic N) is 4. The average molecular weight is 549 g/mol. The number of hydrogen-bond donors (Lipinski definition) is 3. The molecule has 1 aliphatic rings. The molecule has 2 heterocycles. The zero-order valence-corrected chi connectivity index (χ0v) is 21.7. The standard InChI is InChI=1S/C27H22Cl2N6O3/c1-15-32-33-26-22(13-24(36)30-14-16-6-8-17(9-7-16)27(37)34-38)31-25(19-4-2-3-5-21(19)29)20-12-18(28)10-11-23(20)35(15)26/h2-12,22,38H,13-14H2,1H3,(H,30,36)(H,34,37)/t22-/m0/s1. The maximum Gasteiger partial charge on any atom is 0.274 e. The Labute approximate surface area is 228 Å². The number of amides is 2. The molecule has 5 rings (SSSR count). The summed E-state index contributed by atoms with van der Waals surface area (Å²) in [5, 5.41) is 21.4. The van der Waals surface area contributed by atoms with Crippen molar-refractivity contribution in [2.24, 2.45) is 4.99 Å². The van der Waals surface area contributed by atoms with Gasteiger partial charge in [0.05, 0.1) is 17.8 Å². The fourth-order valence-corrected chi connectivity index (χ4v) is 4.76. The zero-order chi connectivity index (χ0) is 26.8. The number of carbonyl (C=O) groups excluding carboxylic acids is 2. The number of fused-ring (bicyclic) bond motifs is 3. The van der Waals surface area contributed by atoms with Crippen LogP contribution in [0.5, 0.6) is 0 Å². The molecule has 1 atom stereocenters. The van der Waals surface area contributed by atoms with E-state index in [0.717, 1.165) is 16.8 Å². The van der Waals surface area contributed by atoms with E-state index in [1.807, 2.05) is 41.8 Å². The number of nitrogens with one attached hydrogen (secondary N) is 2. The van der Waals surface area contributed by atoms with Crippen molar-refractivity contribution >= 4 is 40.7 Å². The van der Waals surface area contributed by atoms with Gasteiger partial charge >= 0.3 is 0 Å². The number of hydrogen-bond acceptors (Lipinski definition) is 6. The summed E-state index contributed by atoms with van der Waals surface area (Å²) < 4.78 is 1.89. The lowest BCUT2D eigenvalue weighted by Crippen LogP contribution is -2.25. The summed E-state index contributed by atoms with van der Waals surface area (Å²) in [6, 6.07) is 18.8. The van der Waals surface area contributed by atoms with Gasteiger partial charge in [-0.05, 0) is 48.9 Å². The second-order valence-electron chi connectivity index (χ2n) is 8.69. The SMILES string of the molecule is Cc1nnc2n1-c1ccc(Cl)cc1C(c1ccccc1Cl)=N[C@H]2CC(=O)NCc1ccc(C(=O)NO)cc1. The van der Waals surface area contributed by atoms with E-state index in [4.69, 9.17) is 33.4 Å². The van der Waals surface area contributed by atoms with Crippen LogP contribution >= 0.6 is 23.2 Å². The second-order valence-corrected chi connectivity index (χ2v) is 9.54. The van der Waals surface area contributed by atoms with Gasteiger partial charge in [0.2, 0.25) is 5.91 Å². The lowest BCUT2D eigenvalue weighted by molar-refractivity contribution is -0.121. The van der Waals surface area contributed by atoms with Crippen molar-refractivity contribution in [3.05, 3.63) is 111 Å². The Morgan fingerprint density at radius 2 is 1.76 bits per heavy atom. The van der Waals surface area contributed by atoms with Gasteiger partial charge in [0.25, 0.3) is 5.91 Å². The van der Waals surface area contributed by atoms with Crippen LogP contribution < -0.4 is 10.8 Å². The number of aliphatic imine (C=N–C) groups is 1. The van der Waals surface area contributed by atoms with Crippen LogP contribution in [0.1, 0.15) is 51.2 Å². The number of aromatic nitrogens is 3. The summed E-state index contributed by atoms with van der Waals surface area (Å²) in [6.07, 6.45) is 0.0127. The topological polar surface area (TPSA) is 122 Å². The number of aryl methyl sites for hydroxylation is 1. The molecule has 2 amide bonds. The van der Waals surface area contributed by atoms with E-state index in [1.165, 1.54) is 0 Å². The molecule has 0 unspecified atom stereocenters. The number of benzene rings is 3. The first-order chi connectivity index (χ1) is 18.4. The highest BCUT2D eigenvalue weighted by atomic mass is 35.5. The van der Waals surface area contributed by atoms with E-state index in [2.05, 4.69) is 15.5 Å². The van der Waals surface area contributed by atoms with Crippen LogP contribution in [0.2, 0.25) is 10.0 Å². The summed E-state index contributed by atoms with van der Waals surface area (Å²) in [4.78, 5) is 29.6. The molecule has 0 saturated carbocycles. The molecule has 0 aliphatic carbocycles. The van der Waals surface area contributed by atoms with Crippen molar-refractivity contribution in [1.29, 1.82) is 0 Å². The molecule has 38 heavy (non-hydrogen) atoms. The molecule has 4 aromatic rings. The highest BCUT2D eigenvalue weighted by Crippen LogP contribution is 2.35. The van der Waals surface area contributed by atoms with Gasteiger partial charge in [-0.2, -0.15) is 0 Å². The summed E-state index contributed by atoms with van der Waals surface area (Å²) in [6.45, 7) is 2.09. The van der Waals surface area contributed by atoms with Gasteiger partial charge in [-0.1, -0.05) is 53.5 Å². The fraction of sp³-hybridized carbons (Fsp3) is 0.148. The molecule has 3 aromatic carbocycles. The smallest absolute Gasteiger partial charge is 0.274 e. The summed E-state index contributed by atoms with van der Waals surface area (Å²) >= 11 is 13.0. The largest absolute Gasteiger partial charge is 0.352 e. The van der Waals surface area contributed by atoms with E-state index < -0.39 is 11.9 Å². The molecule has 3 N–H and O–H groups in total. The van der Waals surface area contributed by atoms with Gasteiger partial charge in [0, 0.05) is 33.3 Å². The summed E-state index contributed by atoms with van der Waals surface area (Å²) in [5.41, 5.74) is 5.55. The average Bonchev–Trinajstić information content (AvgIpc) is 3.25. The van der Waals surface area contributed by atoms with Crippen LogP contribution in [-0.2, 0) is 11.3 Å². The molecule has 0 radical (unpaired) electrons. The number of carbonyl (C=O) groups is 2. The molecule has 0 spiro atoms. The summed E-state index contributed by atoms with van der Waals surface area (Å²) in [5.74, 6) is 0.327. The van der Waals surface area contributed by atoms with E-state index in [1.54, 1.807) is 41.9 Å². The predicted octanol–water partition coefficient (Wildman–Crippen LogP) is 4.60. The molecule has 9 nitrogen and oxygen atoms in total. The molecule has 1 aliphatic heterocycles. The third-order valence-electron chi connectivity index (χ3n) is 6.20. The van der Waals surface area contributed by atoms with E-state index >= 15 is 0 Å². The Morgan fingerprint density at radius 3 is 2.50 bits per heavy atom. The van der Waals surface area contributed by atoms with Crippen LogP contribution in [0.15, 0.2) is 71.7 Å². The third-order valence-corrected chi connectivity index (χ3v) is 6.77. The van der Waals surface area contributed by atoms with Crippen molar-refractivity contribution in [2.75, 3.05) is 0 Å². The first-order valence-electron chi connectivity index (χ1n) is 11.7. The highest BCUT2D eigenvalue weighted by molar-refractivity contribution is 6.36. The van der Waals surface area contributed by atoms with Crippen molar-refractivity contribution in [3.63, 3.8) is 0 Å². The minimum atomic E-state index is -0.649. The normalized spacial score (nSPS) is 14.1. The van der Waals surface area contributed by atoms with Gasteiger partial charge in [0.1, 0.15) is 11.9 Å². The quantitative estimate of drug-likeness (QED) is 0.240. The number of halogens is 2. The minimum absolute atomic E-state index is 0.0127. The van der Waals surface area contributed by atoms with Crippen molar-refractivity contribution < 1.29 is 14.8 Å². The molecule has 11 heteroatoms. The Morgan fingerprint density at radius 1 is 1.00 bits per heavy atom. The molecular weight excluding hydrogens is 527 g/mol. The van der Waals surface area contributed by atoms with Gasteiger partial charge in [0.15, 0.2) is 5.82 Å². The molecule has 0 bridgehead atoms. The Kier molecular flexibility index (Phi) is 7.24. The molecular formula is C27H22Cl2N6O3. The van der Waals surface area contributed by atoms with Crippen LogP contribution in [0.3, 0.4) is 0 Å². The second kappa shape index (κ2) is 10.7. The van der Waals surface area contributed by atoms with Crippen molar-refractivity contribution in [3.8, 4) is 5.69 Å². The maximum atomic E-state index is 13.1. The van der Waals surface area contributed by atoms with Gasteiger partial charge in [-0.3, -0.25) is 24.4 Å². The monoisotopic (exact) mass is 548 g/mol. The van der Waals surface area contributed by atoms with Gasteiger partial charge in [-0.15, -0.1) is 10.2 Å². The molecule has 0 fully saturated rings. The number of rotatable bonds is 6. The molecule has 1 aromatic heterocycles. The fourth-order valence-electron chi connectivity index (χ4n) is 4.36. The van der Waals surface area contributed by atoms with Gasteiger partial charge < -0.3 is 5.32 Å². The van der Waals surface area contributed by atoms with Crippen LogP contribution in [0.4, 0.5) is 0 Å². The Hall–Kier alpha value is -4.05. The predicted molar refractivity (Wildman–Crippen MR) is 143 cm³/mol. The zero-order valence-electron chi connectivity index (χ0n) is 20.2. The lowest BCUT2D eigenvalue weighted by Gasteiger charge is -2.13. The van der Waals surface area contributed by atoms with E-state index in [-0.39, 0.29) is 18.9 Å². The van der Waals surface area contributed by atoms with E-state index in [0.29, 0.717) is 38.5 Å². The van der Waals surface area contributed by atoms with Crippen LogP contribution in [-0.4, -0.2) is 37.5 Å².